The zero-order valence-electron chi connectivity index (χ0n) is 12.0. The minimum absolute atomic E-state index is 0.00960. The number of likely N-dealkylation sites (N-methyl/N-ethyl adjacent to an activating group) is 1. The molecule has 0 spiro atoms. The summed E-state index contributed by atoms with van der Waals surface area (Å²) in [4.78, 5) is 25.6. The van der Waals surface area contributed by atoms with Gasteiger partial charge in [-0.15, -0.1) is 0 Å². The third kappa shape index (κ3) is 4.03. The first-order chi connectivity index (χ1) is 9.99. The minimum Gasteiger partial charge on any atom is -0.335 e. The Labute approximate surface area is 132 Å². The van der Waals surface area contributed by atoms with Gasteiger partial charge in [-0.2, -0.15) is 0 Å². The SMILES string of the molecule is CC1NNC(C(=O)N(C)CC(=O)Nc2ccccc2)C1Br. The summed E-state index contributed by atoms with van der Waals surface area (Å²) in [7, 11) is 1.62. The zero-order valence-corrected chi connectivity index (χ0v) is 13.6. The maximum atomic E-state index is 12.3. The number of nitrogens with one attached hydrogen (secondary N) is 3. The van der Waals surface area contributed by atoms with Gasteiger partial charge in [-0.05, 0) is 19.1 Å². The lowest BCUT2D eigenvalue weighted by molar-refractivity contribution is -0.134. The molecule has 0 aromatic heterocycles. The number of alkyl halides is 1. The second-order valence-corrected chi connectivity index (χ2v) is 6.17. The normalized spacial score (nSPS) is 24.6. The lowest BCUT2D eigenvalue weighted by Crippen LogP contribution is -2.48. The van der Waals surface area contributed by atoms with Gasteiger partial charge in [0, 0.05) is 18.8 Å². The average Bonchev–Trinajstić information content (AvgIpc) is 2.79. The Morgan fingerprint density at radius 1 is 1.29 bits per heavy atom. The summed E-state index contributed by atoms with van der Waals surface area (Å²) in [5.74, 6) is -0.348. The molecule has 1 aliphatic heterocycles. The first-order valence-electron chi connectivity index (χ1n) is 6.74. The van der Waals surface area contributed by atoms with Gasteiger partial charge >= 0.3 is 0 Å². The van der Waals surface area contributed by atoms with Gasteiger partial charge in [-0.3, -0.25) is 15.0 Å². The van der Waals surface area contributed by atoms with Crippen molar-refractivity contribution in [2.24, 2.45) is 0 Å². The number of carbonyl (C=O) groups excluding carboxylic acids is 2. The smallest absolute Gasteiger partial charge is 0.243 e. The first-order valence-corrected chi connectivity index (χ1v) is 7.65. The average molecular weight is 355 g/mol. The summed E-state index contributed by atoms with van der Waals surface area (Å²) in [6.07, 6.45) is 0. The van der Waals surface area contributed by atoms with Gasteiger partial charge in [-0.1, -0.05) is 34.1 Å². The van der Waals surface area contributed by atoms with Gasteiger partial charge in [0.25, 0.3) is 0 Å². The van der Waals surface area contributed by atoms with Crippen LogP contribution in [0.15, 0.2) is 30.3 Å². The van der Waals surface area contributed by atoms with Crippen molar-refractivity contribution in [1.29, 1.82) is 0 Å². The quantitative estimate of drug-likeness (QED) is 0.696. The Morgan fingerprint density at radius 3 is 2.52 bits per heavy atom. The van der Waals surface area contributed by atoms with E-state index in [9.17, 15) is 9.59 Å². The van der Waals surface area contributed by atoms with E-state index in [0.29, 0.717) is 0 Å². The van der Waals surface area contributed by atoms with Gasteiger partial charge in [0.15, 0.2) is 0 Å². The number of hydrogen-bond acceptors (Lipinski definition) is 4. The van der Waals surface area contributed by atoms with Crippen LogP contribution in [0.4, 0.5) is 5.69 Å². The first kappa shape index (κ1) is 15.9. The van der Waals surface area contributed by atoms with E-state index in [4.69, 9.17) is 0 Å². The van der Waals surface area contributed by atoms with E-state index in [1.165, 1.54) is 4.90 Å². The van der Waals surface area contributed by atoms with Crippen LogP contribution in [-0.2, 0) is 9.59 Å². The third-order valence-electron chi connectivity index (χ3n) is 3.34. The highest BCUT2D eigenvalue weighted by atomic mass is 79.9. The molecular weight excluding hydrogens is 336 g/mol. The predicted molar refractivity (Wildman–Crippen MR) is 84.9 cm³/mol. The summed E-state index contributed by atoms with van der Waals surface area (Å²) in [6.45, 7) is 1.99. The van der Waals surface area contributed by atoms with Crippen molar-refractivity contribution in [2.75, 3.05) is 18.9 Å². The van der Waals surface area contributed by atoms with Gasteiger partial charge in [0.2, 0.25) is 11.8 Å². The molecule has 7 heteroatoms. The Kier molecular flexibility index (Phi) is 5.33. The molecule has 1 aromatic rings. The van der Waals surface area contributed by atoms with E-state index in [-0.39, 0.29) is 35.3 Å². The standard InChI is InChI=1S/C14H19BrN4O2/c1-9-12(15)13(18-17-9)14(21)19(2)8-11(20)16-10-6-4-3-5-7-10/h3-7,9,12-13,17-18H,8H2,1-2H3,(H,16,20). The van der Waals surface area contributed by atoms with E-state index in [1.54, 1.807) is 19.2 Å². The molecule has 3 unspecified atom stereocenters. The molecule has 21 heavy (non-hydrogen) atoms. The Balaban J connectivity index is 1.87. The molecule has 1 fully saturated rings. The van der Waals surface area contributed by atoms with Gasteiger partial charge in [-0.25, -0.2) is 5.43 Å². The number of para-hydroxylation sites is 1. The summed E-state index contributed by atoms with van der Waals surface area (Å²) < 4.78 is 0. The number of anilines is 1. The molecule has 3 N–H and O–H groups in total. The van der Waals surface area contributed by atoms with Crippen molar-refractivity contribution in [3.8, 4) is 0 Å². The zero-order chi connectivity index (χ0) is 15.4. The number of hydrazine groups is 1. The molecule has 114 valence electrons. The van der Waals surface area contributed by atoms with E-state index in [1.807, 2.05) is 25.1 Å². The van der Waals surface area contributed by atoms with Crippen molar-refractivity contribution in [3.05, 3.63) is 30.3 Å². The molecule has 2 rings (SSSR count). The van der Waals surface area contributed by atoms with Gasteiger partial charge < -0.3 is 10.2 Å². The van der Waals surface area contributed by atoms with Crippen molar-refractivity contribution in [3.63, 3.8) is 0 Å². The van der Waals surface area contributed by atoms with E-state index in [2.05, 4.69) is 32.1 Å². The molecular formula is C14H19BrN4O2. The summed E-state index contributed by atoms with van der Waals surface area (Å²) in [5, 5.41) is 2.76. The largest absolute Gasteiger partial charge is 0.335 e. The molecule has 0 saturated carbocycles. The molecule has 0 aliphatic carbocycles. The number of carbonyl (C=O) groups is 2. The molecule has 2 amide bonds. The molecule has 1 heterocycles. The lowest BCUT2D eigenvalue weighted by atomic mass is 10.1. The Bertz CT molecular complexity index is 511. The third-order valence-corrected chi connectivity index (χ3v) is 4.66. The van der Waals surface area contributed by atoms with Crippen molar-refractivity contribution >= 4 is 33.4 Å². The maximum absolute atomic E-state index is 12.3. The monoisotopic (exact) mass is 354 g/mol. The lowest BCUT2D eigenvalue weighted by Gasteiger charge is -2.22. The molecule has 1 aromatic carbocycles. The second-order valence-electron chi connectivity index (χ2n) is 5.11. The topological polar surface area (TPSA) is 73.5 Å². The van der Waals surface area contributed by atoms with E-state index >= 15 is 0 Å². The fourth-order valence-electron chi connectivity index (χ4n) is 2.12. The van der Waals surface area contributed by atoms with Crippen LogP contribution in [0.3, 0.4) is 0 Å². The van der Waals surface area contributed by atoms with Crippen LogP contribution < -0.4 is 16.2 Å². The number of amides is 2. The molecule has 6 nitrogen and oxygen atoms in total. The maximum Gasteiger partial charge on any atom is 0.243 e. The fourth-order valence-corrected chi connectivity index (χ4v) is 2.61. The number of halogens is 1. The number of benzene rings is 1. The van der Waals surface area contributed by atoms with E-state index in [0.717, 1.165) is 5.69 Å². The molecule has 1 saturated heterocycles. The summed E-state index contributed by atoms with van der Waals surface area (Å²) in [6, 6.07) is 8.93. The van der Waals surface area contributed by atoms with Crippen LogP contribution in [-0.4, -0.2) is 47.2 Å². The summed E-state index contributed by atoms with van der Waals surface area (Å²) >= 11 is 3.49. The minimum atomic E-state index is -0.380. The van der Waals surface area contributed by atoms with Gasteiger partial charge in [0.1, 0.15) is 6.04 Å². The summed E-state index contributed by atoms with van der Waals surface area (Å²) in [5.41, 5.74) is 6.66. The van der Waals surface area contributed by atoms with Crippen LogP contribution >= 0.6 is 15.9 Å². The highest BCUT2D eigenvalue weighted by Gasteiger charge is 2.37. The second kappa shape index (κ2) is 7.02. The Hall–Kier alpha value is -1.44. The van der Waals surface area contributed by atoms with Crippen molar-refractivity contribution in [2.45, 2.75) is 23.8 Å². The van der Waals surface area contributed by atoms with Crippen molar-refractivity contribution < 1.29 is 9.59 Å². The molecule has 0 radical (unpaired) electrons. The van der Waals surface area contributed by atoms with Crippen LogP contribution in [0, 0.1) is 0 Å². The predicted octanol–water partition coefficient (Wildman–Crippen LogP) is 0.712. The number of hydrogen-bond donors (Lipinski definition) is 3. The Morgan fingerprint density at radius 2 is 1.95 bits per heavy atom. The highest BCUT2D eigenvalue weighted by Crippen LogP contribution is 2.17. The van der Waals surface area contributed by atoms with Crippen LogP contribution in [0.1, 0.15) is 6.92 Å². The van der Waals surface area contributed by atoms with Crippen LogP contribution in [0.2, 0.25) is 0 Å². The van der Waals surface area contributed by atoms with E-state index < -0.39 is 0 Å². The number of nitrogens with zero attached hydrogens (tertiary/aromatic N) is 1. The molecule has 3 atom stereocenters. The molecule has 0 bridgehead atoms. The van der Waals surface area contributed by atoms with Gasteiger partial charge in [0.05, 0.1) is 11.4 Å². The fraction of sp³-hybridized carbons (Fsp3) is 0.429. The highest BCUT2D eigenvalue weighted by molar-refractivity contribution is 9.09. The number of rotatable bonds is 4. The van der Waals surface area contributed by atoms with Crippen molar-refractivity contribution in [1.82, 2.24) is 15.8 Å². The van der Waals surface area contributed by atoms with Crippen LogP contribution in [0.25, 0.3) is 0 Å². The van der Waals surface area contributed by atoms with Crippen LogP contribution in [0.5, 0.6) is 0 Å². The molecule has 1 aliphatic rings.